The highest BCUT2D eigenvalue weighted by atomic mass is 19.1. The van der Waals surface area contributed by atoms with Crippen LogP contribution in [0, 0.1) is 11.6 Å². The number of hydrogen-bond donors (Lipinski definition) is 2. The second-order valence-corrected chi connectivity index (χ2v) is 12.2. The number of pyridine rings is 1. The maximum Gasteiger partial charge on any atom is 0.335 e. The summed E-state index contributed by atoms with van der Waals surface area (Å²) in [5.74, 6) is -1.39. The van der Waals surface area contributed by atoms with Crippen molar-refractivity contribution >= 4 is 22.5 Å². The van der Waals surface area contributed by atoms with Crippen molar-refractivity contribution in [1.82, 2.24) is 14.1 Å². The van der Waals surface area contributed by atoms with Crippen molar-refractivity contribution in [2.45, 2.75) is 39.3 Å². The molecule has 0 bridgehead atoms. The third-order valence-corrected chi connectivity index (χ3v) is 7.43. The molecule has 254 valence electrons. The number of aromatic nitrogens is 3. The third kappa shape index (κ3) is 6.81. The molecule has 0 unspecified atom stereocenters. The number of nitrogens with zero attached hydrogens (tertiary/aromatic N) is 3. The van der Waals surface area contributed by atoms with Gasteiger partial charge in [0.1, 0.15) is 37.0 Å². The first-order valence-electron chi connectivity index (χ1n) is 15.3. The van der Waals surface area contributed by atoms with Crippen molar-refractivity contribution in [2.24, 2.45) is 0 Å². The molecule has 0 spiro atoms. The van der Waals surface area contributed by atoms with Gasteiger partial charge in [0.15, 0.2) is 23.1 Å². The number of ether oxygens (including phenoxy) is 4. The Morgan fingerprint density at radius 1 is 1.00 bits per heavy atom. The fourth-order valence-corrected chi connectivity index (χ4v) is 5.11. The van der Waals surface area contributed by atoms with Crippen LogP contribution in [-0.2, 0) is 0 Å². The van der Waals surface area contributed by atoms with Crippen molar-refractivity contribution in [2.75, 3.05) is 25.1 Å². The van der Waals surface area contributed by atoms with E-state index in [-0.39, 0.29) is 54.0 Å². The molecule has 1 aliphatic heterocycles. The van der Waals surface area contributed by atoms with E-state index in [4.69, 9.17) is 18.9 Å². The summed E-state index contributed by atoms with van der Waals surface area (Å²) in [7, 11) is 0. The zero-order chi connectivity index (χ0) is 35.0. The fourth-order valence-electron chi connectivity index (χ4n) is 5.11. The Balaban J connectivity index is 1.30. The van der Waals surface area contributed by atoms with Crippen LogP contribution in [0.4, 0.5) is 14.5 Å². The standard InChI is InChI=1S/C35H32F2N4O8/c1-19(2)40-17-23(33(43)41(34(40)44)22-8-5-20(36)6-9-22)32(42)39-21-7-10-26(24(37)15-21)49-27-11-12-38-25-16-28(48-18-35(3,4)45)30-31(29(25)27)47-14-13-46-30/h5-12,15-17,19,45H,13-14,18H2,1-4H3,(H,39,42). The molecule has 0 aliphatic carbocycles. The third-order valence-electron chi connectivity index (χ3n) is 7.43. The summed E-state index contributed by atoms with van der Waals surface area (Å²) < 4.78 is 54.6. The van der Waals surface area contributed by atoms with Gasteiger partial charge >= 0.3 is 5.69 Å². The number of amides is 1. The van der Waals surface area contributed by atoms with Crippen LogP contribution in [0.2, 0.25) is 0 Å². The summed E-state index contributed by atoms with van der Waals surface area (Å²) in [5, 5.41) is 13.0. The molecule has 0 saturated heterocycles. The monoisotopic (exact) mass is 674 g/mol. The minimum absolute atomic E-state index is 0.00664. The molecule has 3 heterocycles. The van der Waals surface area contributed by atoms with Gasteiger partial charge in [-0.25, -0.2) is 18.1 Å². The van der Waals surface area contributed by atoms with E-state index in [1.54, 1.807) is 33.8 Å². The lowest BCUT2D eigenvalue weighted by Gasteiger charge is -2.25. The SMILES string of the molecule is CC(C)n1cc(C(=O)Nc2ccc(Oc3ccnc4cc(OCC(C)(C)O)c5c(c34)OCCO5)c(F)c2)c(=O)n(-c2ccc(F)cc2)c1=O. The van der Waals surface area contributed by atoms with Crippen LogP contribution in [-0.4, -0.2) is 50.6 Å². The number of carbonyl (C=O) groups excluding carboxylic acids is 1. The first-order valence-corrected chi connectivity index (χ1v) is 15.3. The number of fused-ring (bicyclic) bond motifs is 3. The van der Waals surface area contributed by atoms with E-state index in [0.717, 1.165) is 29.0 Å². The molecule has 12 nitrogen and oxygen atoms in total. The molecule has 5 aromatic rings. The van der Waals surface area contributed by atoms with Gasteiger partial charge in [0.2, 0.25) is 5.75 Å². The second-order valence-electron chi connectivity index (χ2n) is 12.2. The van der Waals surface area contributed by atoms with Crippen molar-refractivity contribution < 1.29 is 37.6 Å². The smallest absolute Gasteiger partial charge is 0.335 e. The summed E-state index contributed by atoms with van der Waals surface area (Å²) in [6.07, 6.45) is 2.61. The summed E-state index contributed by atoms with van der Waals surface area (Å²) in [6, 6.07) is 11.1. The van der Waals surface area contributed by atoms with E-state index < -0.39 is 40.4 Å². The van der Waals surface area contributed by atoms with Gasteiger partial charge in [-0.05, 0) is 70.2 Å². The number of nitrogens with one attached hydrogen (secondary N) is 1. The number of rotatable bonds is 9. The van der Waals surface area contributed by atoms with Gasteiger partial charge in [0.05, 0.1) is 22.2 Å². The van der Waals surface area contributed by atoms with Crippen molar-refractivity contribution in [3.05, 3.63) is 105 Å². The predicted molar refractivity (Wildman–Crippen MR) is 176 cm³/mol. The average molecular weight is 675 g/mol. The first kappa shape index (κ1) is 33.2. The van der Waals surface area contributed by atoms with Crippen molar-refractivity contribution in [3.63, 3.8) is 0 Å². The highest BCUT2D eigenvalue weighted by molar-refractivity contribution is 6.04. The zero-order valence-electron chi connectivity index (χ0n) is 27.0. The van der Waals surface area contributed by atoms with Crippen LogP contribution in [0.1, 0.15) is 44.1 Å². The van der Waals surface area contributed by atoms with Crippen LogP contribution >= 0.6 is 0 Å². The van der Waals surface area contributed by atoms with Crippen molar-refractivity contribution in [1.29, 1.82) is 0 Å². The van der Waals surface area contributed by atoms with Gasteiger partial charge in [-0.1, -0.05) is 0 Å². The molecule has 0 saturated carbocycles. The number of aliphatic hydroxyl groups is 1. The topological polar surface area (TPSA) is 143 Å². The number of benzene rings is 3. The van der Waals surface area contributed by atoms with Gasteiger partial charge < -0.3 is 29.4 Å². The Morgan fingerprint density at radius 3 is 2.39 bits per heavy atom. The molecule has 0 atom stereocenters. The van der Waals surface area contributed by atoms with Crippen LogP contribution in [0.3, 0.4) is 0 Å². The highest BCUT2D eigenvalue weighted by Gasteiger charge is 2.27. The fraction of sp³-hybridized carbons (Fsp3) is 0.257. The van der Waals surface area contributed by atoms with Gasteiger partial charge in [0.25, 0.3) is 11.5 Å². The molecule has 6 rings (SSSR count). The maximum atomic E-state index is 15.5. The molecule has 0 radical (unpaired) electrons. The summed E-state index contributed by atoms with van der Waals surface area (Å²) >= 11 is 0. The predicted octanol–water partition coefficient (Wildman–Crippen LogP) is 5.37. The number of carbonyl (C=O) groups is 1. The summed E-state index contributed by atoms with van der Waals surface area (Å²) in [5.41, 5.74) is -2.65. The number of anilines is 1. The van der Waals surface area contributed by atoms with E-state index in [1.807, 2.05) is 0 Å². The lowest BCUT2D eigenvalue weighted by atomic mass is 10.1. The molecule has 1 aliphatic rings. The van der Waals surface area contributed by atoms with Crippen LogP contribution in [0.15, 0.2) is 76.6 Å². The second kappa shape index (κ2) is 13.0. The Bertz CT molecular complexity index is 2190. The molecule has 49 heavy (non-hydrogen) atoms. The average Bonchev–Trinajstić information content (AvgIpc) is 3.05. The van der Waals surface area contributed by atoms with E-state index >= 15 is 4.39 Å². The lowest BCUT2D eigenvalue weighted by molar-refractivity contribution is 0.0265. The lowest BCUT2D eigenvalue weighted by Crippen LogP contribution is -2.42. The number of halogens is 2. The first-order chi connectivity index (χ1) is 23.3. The van der Waals surface area contributed by atoms with Gasteiger partial charge in [0, 0.05) is 36.3 Å². The van der Waals surface area contributed by atoms with Crippen LogP contribution < -0.4 is 35.5 Å². The Kier molecular flexibility index (Phi) is 8.82. The Hall–Kier alpha value is -5.76. The van der Waals surface area contributed by atoms with Gasteiger partial charge in [-0.3, -0.25) is 19.1 Å². The normalized spacial score (nSPS) is 12.7. The highest BCUT2D eigenvalue weighted by Crippen LogP contribution is 2.48. The summed E-state index contributed by atoms with van der Waals surface area (Å²) in [4.78, 5) is 44.2. The Morgan fingerprint density at radius 2 is 1.71 bits per heavy atom. The molecule has 1 amide bonds. The molecular formula is C35H32F2N4O8. The Labute approximate surface area is 278 Å². The summed E-state index contributed by atoms with van der Waals surface area (Å²) in [6.45, 7) is 7.07. The van der Waals surface area contributed by atoms with E-state index in [1.165, 1.54) is 41.1 Å². The molecule has 2 N–H and O–H groups in total. The molecule has 3 aromatic carbocycles. The van der Waals surface area contributed by atoms with Crippen molar-refractivity contribution in [3.8, 4) is 34.4 Å². The number of hydrogen-bond acceptors (Lipinski definition) is 9. The minimum Gasteiger partial charge on any atom is -0.486 e. The molecule has 14 heteroatoms. The van der Waals surface area contributed by atoms with E-state index in [2.05, 4.69) is 10.3 Å². The van der Waals surface area contributed by atoms with Crippen LogP contribution in [0.25, 0.3) is 16.6 Å². The van der Waals surface area contributed by atoms with Gasteiger partial charge in [-0.15, -0.1) is 0 Å². The van der Waals surface area contributed by atoms with E-state index in [0.29, 0.717) is 22.4 Å². The van der Waals surface area contributed by atoms with E-state index in [9.17, 15) is 23.9 Å². The molecule has 0 fully saturated rings. The molecular weight excluding hydrogens is 642 g/mol. The zero-order valence-corrected chi connectivity index (χ0v) is 27.0. The quantitative estimate of drug-likeness (QED) is 0.211. The minimum atomic E-state index is -1.11. The largest absolute Gasteiger partial charge is 0.486 e. The van der Waals surface area contributed by atoms with Gasteiger partial charge in [-0.2, -0.15) is 0 Å². The molecule has 2 aromatic heterocycles. The van der Waals surface area contributed by atoms with Crippen LogP contribution in [0.5, 0.6) is 28.7 Å². The maximum absolute atomic E-state index is 15.5.